The molecule has 0 spiro atoms. The van der Waals surface area contributed by atoms with Gasteiger partial charge in [0.25, 0.3) is 5.78 Å². The second-order valence-corrected chi connectivity index (χ2v) is 10.2. The SMILES string of the molecule is CN(C)c1ccc(C(=O)C(=O)O[C@@H](Cc2c(Cl)c[nH+]cc2Cl)c2ccc(OC(F)F)c(OCC3CC3)c2)cc1. The molecule has 7 nitrogen and oxygen atoms in total. The number of carbonyl (C=O) groups is 2. The van der Waals surface area contributed by atoms with Gasteiger partial charge in [-0.05, 0) is 60.7 Å². The van der Waals surface area contributed by atoms with E-state index in [2.05, 4.69) is 9.72 Å². The summed E-state index contributed by atoms with van der Waals surface area (Å²) in [4.78, 5) is 30.6. The van der Waals surface area contributed by atoms with E-state index in [9.17, 15) is 18.4 Å². The van der Waals surface area contributed by atoms with Crippen molar-refractivity contribution in [2.45, 2.75) is 32.0 Å². The number of nitrogens with one attached hydrogen (secondary N) is 1. The molecule has 11 heteroatoms. The molecular formula is C28H27Cl2F2N2O5+. The predicted molar refractivity (Wildman–Crippen MR) is 142 cm³/mol. The van der Waals surface area contributed by atoms with E-state index < -0.39 is 24.5 Å². The summed E-state index contributed by atoms with van der Waals surface area (Å²) in [5.41, 5.74) is 1.86. The number of esters is 1. The van der Waals surface area contributed by atoms with E-state index in [1.165, 1.54) is 42.7 Å². The van der Waals surface area contributed by atoms with Crippen LogP contribution in [0, 0.1) is 5.92 Å². The smallest absolute Gasteiger partial charge is 0.387 e. The first kappa shape index (κ1) is 28.6. The second-order valence-electron chi connectivity index (χ2n) is 9.34. The minimum atomic E-state index is -3.05. The van der Waals surface area contributed by atoms with Crippen LogP contribution < -0.4 is 19.4 Å². The second kappa shape index (κ2) is 12.6. The van der Waals surface area contributed by atoms with Crippen LogP contribution >= 0.6 is 23.2 Å². The van der Waals surface area contributed by atoms with Crippen molar-refractivity contribution in [1.82, 2.24) is 0 Å². The van der Waals surface area contributed by atoms with Crippen LogP contribution in [-0.2, 0) is 16.0 Å². The number of pyridine rings is 1. The van der Waals surface area contributed by atoms with E-state index in [0.29, 0.717) is 23.7 Å². The molecule has 0 unspecified atom stereocenters. The van der Waals surface area contributed by atoms with Gasteiger partial charge in [-0.3, -0.25) is 4.79 Å². The van der Waals surface area contributed by atoms with E-state index in [0.717, 1.165) is 18.5 Å². The van der Waals surface area contributed by atoms with Crippen LogP contribution in [0.1, 0.15) is 40.4 Å². The fourth-order valence-corrected chi connectivity index (χ4v) is 4.35. The fourth-order valence-electron chi connectivity index (χ4n) is 3.82. The minimum Gasteiger partial charge on any atom is -0.489 e. The van der Waals surface area contributed by atoms with E-state index in [-0.39, 0.29) is 33.5 Å². The van der Waals surface area contributed by atoms with Gasteiger partial charge in [-0.2, -0.15) is 8.78 Å². The fraction of sp³-hybridized carbons (Fsp3) is 0.321. The van der Waals surface area contributed by atoms with E-state index in [1.807, 2.05) is 19.0 Å². The highest BCUT2D eigenvalue weighted by Gasteiger charge is 2.28. The van der Waals surface area contributed by atoms with Gasteiger partial charge in [-0.25, -0.2) is 9.78 Å². The Morgan fingerprint density at radius 1 is 1.03 bits per heavy atom. The molecule has 0 bridgehead atoms. The molecule has 206 valence electrons. The monoisotopic (exact) mass is 579 g/mol. The molecule has 2 aromatic carbocycles. The molecule has 0 aliphatic heterocycles. The third kappa shape index (κ3) is 7.58. The number of nitrogens with zero attached hydrogens (tertiary/aromatic N) is 1. The molecule has 1 aliphatic carbocycles. The summed E-state index contributed by atoms with van der Waals surface area (Å²) in [6.07, 6.45) is 3.96. The minimum absolute atomic E-state index is 0.00203. The highest BCUT2D eigenvalue weighted by Crippen LogP contribution is 2.37. The standard InChI is InChI=1S/C28H26Cl2F2N2O5/c1-34(2)19-8-5-17(6-9-19)26(35)27(36)38-24(12-20-21(29)13-33-14-22(20)30)18-7-10-23(39-28(31)32)25(11-18)37-15-16-3-4-16/h5-11,13-14,16,24,28H,3-4,12,15H2,1-2H3/p+1/t24-/m0/s1. The summed E-state index contributed by atoms with van der Waals surface area (Å²) in [6.45, 7) is -2.72. The molecule has 1 saturated carbocycles. The van der Waals surface area contributed by atoms with Crippen LogP contribution in [0.2, 0.25) is 10.0 Å². The maximum absolute atomic E-state index is 13.0. The maximum Gasteiger partial charge on any atom is 0.387 e. The van der Waals surface area contributed by atoms with Crippen LogP contribution in [0.3, 0.4) is 0 Å². The normalized spacial score (nSPS) is 13.6. The highest BCUT2D eigenvalue weighted by molar-refractivity contribution is 6.40. The molecule has 0 amide bonds. The Kier molecular flexibility index (Phi) is 9.24. The van der Waals surface area contributed by atoms with Gasteiger partial charge < -0.3 is 19.1 Å². The van der Waals surface area contributed by atoms with Crippen LogP contribution in [0.15, 0.2) is 54.9 Å². The zero-order chi connectivity index (χ0) is 28.1. The lowest BCUT2D eigenvalue weighted by atomic mass is 10.0. The van der Waals surface area contributed by atoms with Gasteiger partial charge in [-0.15, -0.1) is 0 Å². The molecule has 0 radical (unpaired) electrons. The molecule has 1 aromatic heterocycles. The summed E-state index contributed by atoms with van der Waals surface area (Å²) in [7, 11) is 3.71. The number of aromatic nitrogens is 1. The summed E-state index contributed by atoms with van der Waals surface area (Å²) in [6, 6.07) is 10.7. The average molecular weight is 580 g/mol. The Labute approximate surface area is 234 Å². The first-order chi connectivity index (χ1) is 18.6. The number of benzene rings is 2. The molecule has 1 atom stereocenters. The Balaban J connectivity index is 1.64. The number of ketones is 1. The number of H-pyrrole nitrogens is 1. The summed E-state index contributed by atoms with van der Waals surface area (Å²) >= 11 is 12.7. The van der Waals surface area contributed by atoms with Gasteiger partial charge in [0, 0.05) is 37.3 Å². The number of ether oxygens (including phenoxy) is 3. The molecule has 1 heterocycles. The molecule has 1 aliphatic rings. The lowest BCUT2D eigenvalue weighted by molar-refractivity contribution is -0.377. The van der Waals surface area contributed by atoms with Crippen LogP contribution in [0.5, 0.6) is 11.5 Å². The number of aromatic amines is 1. The zero-order valence-corrected chi connectivity index (χ0v) is 22.8. The van der Waals surface area contributed by atoms with Crippen molar-refractivity contribution in [2.75, 3.05) is 25.6 Å². The largest absolute Gasteiger partial charge is 0.489 e. The van der Waals surface area contributed by atoms with Crippen LogP contribution in [0.4, 0.5) is 14.5 Å². The van der Waals surface area contributed by atoms with Gasteiger partial charge in [0.2, 0.25) is 0 Å². The quantitative estimate of drug-likeness (QED) is 0.149. The maximum atomic E-state index is 13.0. The predicted octanol–water partition coefficient (Wildman–Crippen LogP) is 5.97. The molecule has 4 rings (SSSR count). The molecule has 39 heavy (non-hydrogen) atoms. The average Bonchev–Trinajstić information content (AvgIpc) is 3.73. The summed E-state index contributed by atoms with van der Waals surface area (Å²) < 4.78 is 42.1. The van der Waals surface area contributed by atoms with E-state index >= 15 is 0 Å². The Hall–Kier alpha value is -3.43. The van der Waals surface area contributed by atoms with Crippen LogP contribution in [0.25, 0.3) is 0 Å². The Morgan fingerprint density at radius 2 is 1.69 bits per heavy atom. The molecule has 0 saturated heterocycles. The number of hydrogen-bond donors (Lipinski definition) is 0. The number of carbonyl (C=O) groups excluding carboxylic acids is 2. The topological polar surface area (TPSA) is 79.2 Å². The van der Waals surface area contributed by atoms with Crippen molar-refractivity contribution in [3.8, 4) is 11.5 Å². The van der Waals surface area contributed by atoms with Crippen molar-refractivity contribution in [1.29, 1.82) is 0 Å². The van der Waals surface area contributed by atoms with Gasteiger partial charge in [0.15, 0.2) is 23.9 Å². The van der Waals surface area contributed by atoms with Gasteiger partial charge >= 0.3 is 12.6 Å². The summed E-state index contributed by atoms with van der Waals surface area (Å²) in [5.74, 6) is -1.67. The number of hydrogen-bond acceptors (Lipinski definition) is 6. The lowest BCUT2D eigenvalue weighted by Crippen LogP contribution is -2.22. The van der Waals surface area contributed by atoms with Gasteiger partial charge in [0.1, 0.15) is 16.1 Å². The van der Waals surface area contributed by atoms with Crippen LogP contribution in [-0.4, -0.2) is 39.1 Å². The van der Waals surface area contributed by atoms with Gasteiger partial charge in [0.05, 0.1) is 6.61 Å². The number of rotatable bonds is 12. The molecular weight excluding hydrogens is 553 g/mol. The van der Waals surface area contributed by atoms with Crippen molar-refractivity contribution >= 4 is 40.6 Å². The van der Waals surface area contributed by atoms with E-state index in [4.69, 9.17) is 32.7 Å². The molecule has 3 aromatic rings. The first-order valence-corrected chi connectivity index (χ1v) is 13.0. The third-order valence-corrected chi connectivity index (χ3v) is 6.87. The Bertz CT molecular complexity index is 1310. The lowest BCUT2D eigenvalue weighted by Gasteiger charge is -2.21. The highest BCUT2D eigenvalue weighted by atomic mass is 35.5. The number of Topliss-reactive ketones (excluding diaryl/α,β-unsaturated/α-hetero) is 1. The number of halogens is 4. The molecule has 1 fully saturated rings. The van der Waals surface area contributed by atoms with E-state index in [1.54, 1.807) is 12.1 Å². The zero-order valence-electron chi connectivity index (χ0n) is 21.3. The molecule has 1 N–H and O–H groups in total. The van der Waals surface area contributed by atoms with Gasteiger partial charge in [-0.1, -0.05) is 29.3 Å². The van der Waals surface area contributed by atoms with Crippen molar-refractivity contribution in [3.63, 3.8) is 0 Å². The number of alkyl halides is 2. The van der Waals surface area contributed by atoms with Crippen molar-refractivity contribution in [2.24, 2.45) is 5.92 Å². The number of anilines is 1. The summed E-state index contributed by atoms with van der Waals surface area (Å²) in [5, 5.41) is 0.578. The third-order valence-electron chi connectivity index (χ3n) is 6.19. The first-order valence-electron chi connectivity index (χ1n) is 12.2. The Morgan fingerprint density at radius 3 is 2.28 bits per heavy atom. The van der Waals surface area contributed by atoms with Crippen molar-refractivity contribution in [3.05, 3.63) is 81.6 Å². The van der Waals surface area contributed by atoms with Crippen molar-refractivity contribution < 1.29 is 37.6 Å².